The van der Waals surface area contributed by atoms with Gasteiger partial charge in [0.2, 0.25) is 11.8 Å². The Bertz CT molecular complexity index is 1290. The Kier molecular flexibility index (Phi) is 6.75. The van der Waals surface area contributed by atoms with Crippen molar-refractivity contribution in [3.8, 4) is 11.6 Å². The van der Waals surface area contributed by atoms with E-state index in [1.54, 1.807) is 48.0 Å². The summed E-state index contributed by atoms with van der Waals surface area (Å²) < 4.78 is 5.98. The molecule has 0 bridgehead atoms. The first-order valence-corrected chi connectivity index (χ1v) is 11.2. The van der Waals surface area contributed by atoms with E-state index in [4.69, 9.17) is 4.74 Å². The summed E-state index contributed by atoms with van der Waals surface area (Å²) in [5.74, 6) is 0.487. The van der Waals surface area contributed by atoms with Crippen LogP contribution in [0.4, 0.5) is 10.8 Å². The Morgan fingerprint density at radius 2 is 1.79 bits per heavy atom. The number of hydrogen-bond donors (Lipinski definition) is 2. The molecule has 0 aliphatic rings. The standard InChI is InChI=1S/C25H22N4O3S/c1-16-8-6-12-21(17(16)2)32-24-20(11-7-13-26-24)28-22(30)14-19-15-33-25(27-19)29-23(31)18-9-4-3-5-10-18/h3-13,15H,14H2,1-2H3,(H,28,30)(H,27,29,31). The number of hydrogen-bond acceptors (Lipinski definition) is 6. The zero-order chi connectivity index (χ0) is 23.2. The number of aromatic nitrogens is 2. The molecule has 0 atom stereocenters. The number of thiazole rings is 1. The summed E-state index contributed by atoms with van der Waals surface area (Å²) in [5.41, 5.74) is 3.68. The predicted octanol–water partition coefficient (Wildman–Crippen LogP) is 5.38. The van der Waals surface area contributed by atoms with Crippen LogP contribution in [0.2, 0.25) is 0 Å². The van der Waals surface area contributed by atoms with Crippen LogP contribution in [0.15, 0.2) is 72.2 Å². The van der Waals surface area contributed by atoms with Gasteiger partial charge in [-0.2, -0.15) is 0 Å². The maximum absolute atomic E-state index is 12.6. The van der Waals surface area contributed by atoms with Crippen molar-refractivity contribution >= 4 is 34.0 Å². The summed E-state index contributed by atoms with van der Waals surface area (Å²) in [6, 6.07) is 18.1. The topological polar surface area (TPSA) is 93.2 Å². The number of carbonyl (C=O) groups is 2. The zero-order valence-electron chi connectivity index (χ0n) is 18.2. The average molecular weight is 459 g/mol. The molecule has 0 radical (unpaired) electrons. The van der Waals surface area contributed by atoms with Crippen molar-refractivity contribution in [2.45, 2.75) is 20.3 Å². The quantitative estimate of drug-likeness (QED) is 0.388. The molecule has 2 N–H and O–H groups in total. The molecule has 4 aromatic rings. The van der Waals surface area contributed by atoms with Gasteiger partial charge in [-0.15, -0.1) is 11.3 Å². The number of benzene rings is 2. The van der Waals surface area contributed by atoms with Gasteiger partial charge in [0.25, 0.3) is 5.91 Å². The zero-order valence-corrected chi connectivity index (χ0v) is 19.0. The highest BCUT2D eigenvalue weighted by Crippen LogP contribution is 2.30. The molecule has 0 aliphatic carbocycles. The highest BCUT2D eigenvalue weighted by Gasteiger charge is 2.14. The van der Waals surface area contributed by atoms with Crippen molar-refractivity contribution in [2.75, 3.05) is 10.6 Å². The van der Waals surface area contributed by atoms with Crippen LogP contribution in [0.25, 0.3) is 0 Å². The van der Waals surface area contributed by atoms with Crippen LogP contribution in [-0.2, 0) is 11.2 Å². The second-order valence-corrected chi connectivity index (χ2v) is 8.20. The molecule has 8 heteroatoms. The van der Waals surface area contributed by atoms with Gasteiger partial charge >= 0.3 is 0 Å². The van der Waals surface area contributed by atoms with Gasteiger partial charge in [-0.25, -0.2) is 9.97 Å². The van der Waals surface area contributed by atoms with Crippen LogP contribution >= 0.6 is 11.3 Å². The summed E-state index contributed by atoms with van der Waals surface area (Å²) >= 11 is 1.27. The summed E-state index contributed by atoms with van der Waals surface area (Å²) in [4.78, 5) is 33.5. The minimum absolute atomic E-state index is 0.0511. The molecular formula is C25H22N4O3S. The minimum atomic E-state index is -0.264. The second-order valence-electron chi connectivity index (χ2n) is 7.35. The Balaban J connectivity index is 1.40. The number of ether oxygens (including phenoxy) is 1. The molecule has 2 aromatic heterocycles. The number of nitrogens with zero attached hydrogens (tertiary/aromatic N) is 2. The van der Waals surface area contributed by atoms with E-state index >= 15 is 0 Å². The van der Waals surface area contributed by atoms with Gasteiger partial charge in [-0.3, -0.25) is 14.9 Å². The first-order chi connectivity index (χ1) is 16.0. The summed E-state index contributed by atoms with van der Waals surface area (Å²) in [7, 11) is 0. The minimum Gasteiger partial charge on any atom is -0.437 e. The third-order valence-corrected chi connectivity index (χ3v) is 5.76. The summed E-state index contributed by atoms with van der Waals surface area (Å²) in [5, 5.41) is 7.78. The Labute approximate surface area is 195 Å². The van der Waals surface area contributed by atoms with Gasteiger partial charge in [0.1, 0.15) is 11.4 Å². The van der Waals surface area contributed by atoms with E-state index in [1.807, 2.05) is 38.1 Å². The lowest BCUT2D eigenvalue weighted by molar-refractivity contribution is -0.115. The maximum Gasteiger partial charge on any atom is 0.257 e. The molecule has 0 spiro atoms. The lowest BCUT2D eigenvalue weighted by Gasteiger charge is -2.13. The average Bonchev–Trinajstić information content (AvgIpc) is 3.25. The lowest BCUT2D eigenvalue weighted by Crippen LogP contribution is -2.16. The van der Waals surface area contributed by atoms with Gasteiger partial charge in [-0.05, 0) is 55.3 Å². The summed E-state index contributed by atoms with van der Waals surface area (Å²) in [6.07, 6.45) is 1.66. The fourth-order valence-corrected chi connectivity index (χ4v) is 3.77. The number of aryl methyl sites for hydroxylation is 1. The number of anilines is 2. The van der Waals surface area contributed by atoms with E-state index in [0.717, 1.165) is 11.1 Å². The smallest absolute Gasteiger partial charge is 0.257 e. The molecule has 4 rings (SSSR count). The first-order valence-electron chi connectivity index (χ1n) is 10.3. The van der Waals surface area contributed by atoms with E-state index in [2.05, 4.69) is 20.6 Å². The molecule has 0 fully saturated rings. The largest absolute Gasteiger partial charge is 0.437 e. The van der Waals surface area contributed by atoms with Crippen LogP contribution in [0.3, 0.4) is 0 Å². The first kappa shape index (κ1) is 22.2. The van der Waals surface area contributed by atoms with Gasteiger partial charge < -0.3 is 10.1 Å². The van der Waals surface area contributed by atoms with E-state index in [-0.39, 0.29) is 18.2 Å². The van der Waals surface area contributed by atoms with Crippen molar-refractivity contribution in [3.05, 3.63) is 94.6 Å². The molecule has 166 valence electrons. The van der Waals surface area contributed by atoms with Gasteiger partial charge in [-0.1, -0.05) is 30.3 Å². The SMILES string of the molecule is Cc1cccc(Oc2ncccc2NC(=O)Cc2csc(NC(=O)c3ccccc3)n2)c1C. The number of rotatable bonds is 7. The fraction of sp³-hybridized carbons (Fsp3) is 0.120. The predicted molar refractivity (Wildman–Crippen MR) is 129 cm³/mol. The van der Waals surface area contributed by atoms with Crippen molar-refractivity contribution in [3.63, 3.8) is 0 Å². The van der Waals surface area contributed by atoms with Crippen LogP contribution in [0.1, 0.15) is 27.2 Å². The van der Waals surface area contributed by atoms with Crippen molar-refractivity contribution in [1.29, 1.82) is 0 Å². The Morgan fingerprint density at radius 3 is 2.61 bits per heavy atom. The molecule has 7 nitrogen and oxygen atoms in total. The summed E-state index contributed by atoms with van der Waals surface area (Å²) in [6.45, 7) is 3.98. The van der Waals surface area contributed by atoms with E-state index in [9.17, 15) is 9.59 Å². The van der Waals surface area contributed by atoms with Crippen LogP contribution < -0.4 is 15.4 Å². The molecular weight excluding hydrogens is 436 g/mol. The molecule has 33 heavy (non-hydrogen) atoms. The third-order valence-electron chi connectivity index (χ3n) is 4.96. The molecule has 2 heterocycles. The number of pyridine rings is 1. The van der Waals surface area contributed by atoms with Crippen LogP contribution in [-0.4, -0.2) is 21.8 Å². The molecule has 0 saturated heterocycles. The highest BCUT2D eigenvalue weighted by molar-refractivity contribution is 7.14. The third kappa shape index (κ3) is 5.61. The molecule has 2 amide bonds. The second kappa shape index (κ2) is 10.1. The normalized spacial score (nSPS) is 10.5. The number of amides is 2. The lowest BCUT2D eigenvalue weighted by atomic mass is 10.1. The Morgan fingerprint density at radius 1 is 0.970 bits per heavy atom. The Hall–Kier alpha value is -4.04. The number of carbonyl (C=O) groups excluding carboxylic acids is 2. The maximum atomic E-state index is 12.6. The van der Waals surface area contributed by atoms with Crippen LogP contribution in [0.5, 0.6) is 11.6 Å². The van der Waals surface area contributed by atoms with Crippen molar-refractivity contribution in [2.24, 2.45) is 0 Å². The van der Waals surface area contributed by atoms with E-state index in [1.165, 1.54) is 11.3 Å². The highest BCUT2D eigenvalue weighted by atomic mass is 32.1. The molecule has 0 aliphatic heterocycles. The number of nitrogens with one attached hydrogen (secondary N) is 2. The van der Waals surface area contributed by atoms with Gasteiger partial charge in [0.05, 0.1) is 12.1 Å². The van der Waals surface area contributed by atoms with Crippen molar-refractivity contribution in [1.82, 2.24) is 9.97 Å². The molecule has 2 aromatic carbocycles. The molecule has 0 unspecified atom stereocenters. The van der Waals surface area contributed by atoms with Gasteiger partial charge in [0, 0.05) is 17.1 Å². The van der Waals surface area contributed by atoms with Gasteiger partial charge in [0.15, 0.2) is 5.13 Å². The van der Waals surface area contributed by atoms with Crippen LogP contribution in [0, 0.1) is 13.8 Å². The van der Waals surface area contributed by atoms with E-state index in [0.29, 0.717) is 33.7 Å². The molecule has 0 saturated carbocycles. The fourth-order valence-electron chi connectivity index (χ4n) is 3.07. The monoisotopic (exact) mass is 458 g/mol. The van der Waals surface area contributed by atoms with Crippen molar-refractivity contribution < 1.29 is 14.3 Å². The van der Waals surface area contributed by atoms with E-state index < -0.39 is 0 Å².